The molecule has 0 saturated heterocycles. The second kappa shape index (κ2) is 5.47. The van der Waals surface area contributed by atoms with Crippen molar-refractivity contribution in [2.24, 2.45) is 4.99 Å². The maximum atomic E-state index is 13.2. The lowest BCUT2D eigenvalue weighted by Crippen LogP contribution is -1.87. The molecule has 0 radical (unpaired) electrons. The molecule has 0 aromatic heterocycles. The van der Waals surface area contributed by atoms with Gasteiger partial charge in [0.1, 0.15) is 5.82 Å². The fourth-order valence-electron chi connectivity index (χ4n) is 1.12. The molecule has 0 atom stereocenters. The van der Waals surface area contributed by atoms with Gasteiger partial charge in [-0.3, -0.25) is 4.99 Å². The third-order valence-electron chi connectivity index (χ3n) is 1.88. The van der Waals surface area contributed by atoms with Crippen LogP contribution in [0.1, 0.15) is 12.5 Å². The lowest BCUT2D eigenvalue weighted by Gasteiger charge is -2.02. The Bertz CT molecular complexity index is 422. The Morgan fingerprint density at radius 3 is 2.80 bits per heavy atom. The van der Waals surface area contributed by atoms with Gasteiger partial charge in [-0.05, 0) is 30.2 Å². The van der Waals surface area contributed by atoms with Gasteiger partial charge in [0.05, 0.1) is 5.02 Å². The molecule has 1 aromatic rings. The molecule has 3 heteroatoms. The lowest BCUT2D eigenvalue weighted by atomic mass is 10.1. The Balaban J connectivity index is 3.09. The van der Waals surface area contributed by atoms with Crippen molar-refractivity contribution in [2.75, 3.05) is 0 Å². The van der Waals surface area contributed by atoms with Crippen LogP contribution in [-0.4, -0.2) is 6.21 Å². The first kappa shape index (κ1) is 11.7. The molecule has 0 fully saturated rings. The van der Waals surface area contributed by atoms with Gasteiger partial charge in [-0.2, -0.15) is 0 Å². The second-order valence-corrected chi connectivity index (χ2v) is 3.24. The van der Waals surface area contributed by atoms with Crippen molar-refractivity contribution in [3.63, 3.8) is 0 Å². The highest BCUT2D eigenvalue weighted by atomic mass is 35.5. The van der Waals surface area contributed by atoms with Crippen LogP contribution in [0.3, 0.4) is 0 Å². The van der Waals surface area contributed by atoms with Gasteiger partial charge in [-0.25, -0.2) is 4.39 Å². The molecule has 0 aliphatic carbocycles. The number of halogens is 2. The first-order chi connectivity index (χ1) is 7.19. The first-order valence-electron chi connectivity index (χ1n) is 4.45. The Kier molecular flexibility index (Phi) is 4.25. The molecule has 0 aliphatic rings. The number of hydrogen-bond donors (Lipinski definition) is 0. The van der Waals surface area contributed by atoms with E-state index in [4.69, 9.17) is 11.6 Å². The van der Waals surface area contributed by atoms with Crippen molar-refractivity contribution in [1.29, 1.82) is 0 Å². The Labute approximate surface area is 93.6 Å². The molecule has 0 N–H and O–H groups in total. The van der Waals surface area contributed by atoms with Crippen molar-refractivity contribution in [1.82, 2.24) is 0 Å². The summed E-state index contributed by atoms with van der Waals surface area (Å²) in [5, 5.41) is 0.120. The maximum absolute atomic E-state index is 13.2. The van der Waals surface area contributed by atoms with E-state index in [0.717, 1.165) is 11.1 Å². The smallest absolute Gasteiger partial charge is 0.142 e. The molecule has 1 nitrogen and oxygen atoms in total. The van der Waals surface area contributed by atoms with Gasteiger partial charge in [-0.15, -0.1) is 0 Å². The third kappa shape index (κ3) is 3.03. The molecule has 15 heavy (non-hydrogen) atoms. The van der Waals surface area contributed by atoms with Gasteiger partial charge >= 0.3 is 0 Å². The fourth-order valence-corrected chi connectivity index (χ4v) is 1.24. The van der Waals surface area contributed by atoms with Crippen LogP contribution in [0.4, 0.5) is 4.39 Å². The fraction of sp³-hybridized carbons (Fsp3) is 0.0833. The summed E-state index contributed by atoms with van der Waals surface area (Å²) in [5.41, 5.74) is 1.57. The first-order valence-corrected chi connectivity index (χ1v) is 4.82. The van der Waals surface area contributed by atoms with Crippen molar-refractivity contribution < 1.29 is 4.39 Å². The molecule has 0 unspecified atom stereocenters. The summed E-state index contributed by atoms with van der Waals surface area (Å²) in [4.78, 5) is 3.89. The normalized spacial score (nSPS) is 12.1. The van der Waals surface area contributed by atoms with E-state index in [0.29, 0.717) is 0 Å². The Hall–Kier alpha value is -1.41. The molecule has 0 aliphatic heterocycles. The molecular formula is C12H11ClFN. The van der Waals surface area contributed by atoms with E-state index in [-0.39, 0.29) is 5.02 Å². The molecule has 0 heterocycles. The number of rotatable bonds is 3. The quantitative estimate of drug-likeness (QED) is 0.685. The summed E-state index contributed by atoms with van der Waals surface area (Å²) in [6, 6.07) is 4.65. The molecular weight excluding hydrogens is 213 g/mol. The number of hydrogen-bond acceptors (Lipinski definition) is 1. The topological polar surface area (TPSA) is 12.4 Å². The summed E-state index contributed by atoms with van der Waals surface area (Å²) in [6.07, 6.45) is 4.89. The minimum atomic E-state index is -0.430. The lowest BCUT2D eigenvalue weighted by molar-refractivity contribution is 0.628. The highest BCUT2D eigenvalue weighted by molar-refractivity contribution is 6.30. The molecule has 0 saturated carbocycles. The minimum absolute atomic E-state index is 0.120. The number of aliphatic imine (C=N–C) groups is 1. The van der Waals surface area contributed by atoms with E-state index in [1.807, 2.05) is 13.0 Å². The van der Waals surface area contributed by atoms with Gasteiger partial charge in [0.25, 0.3) is 0 Å². The van der Waals surface area contributed by atoms with Crippen molar-refractivity contribution in [3.05, 3.63) is 53.5 Å². The van der Waals surface area contributed by atoms with E-state index < -0.39 is 5.82 Å². The van der Waals surface area contributed by atoms with Crippen LogP contribution < -0.4 is 0 Å². The third-order valence-corrected chi connectivity index (χ3v) is 2.19. The summed E-state index contributed by atoms with van der Waals surface area (Å²) < 4.78 is 13.2. The predicted molar refractivity (Wildman–Crippen MR) is 63.8 cm³/mol. The van der Waals surface area contributed by atoms with Crippen molar-refractivity contribution in [3.8, 4) is 0 Å². The minimum Gasteiger partial charge on any atom is -0.265 e. The molecule has 1 aromatic carbocycles. The van der Waals surface area contributed by atoms with Crippen molar-refractivity contribution >= 4 is 23.4 Å². The Morgan fingerprint density at radius 2 is 2.27 bits per heavy atom. The predicted octanol–water partition coefficient (Wildman–Crippen LogP) is 4.10. The van der Waals surface area contributed by atoms with Crippen LogP contribution in [0.5, 0.6) is 0 Å². The van der Waals surface area contributed by atoms with Crippen LogP contribution in [-0.2, 0) is 0 Å². The monoisotopic (exact) mass is 223 g/mol. The average molecular weight is 224 g/mol. The molecule has 0 amide bonds. The van der Waals surface area contributed by atoms with Gasteiger partial charge in [0, 0.05) is 12.4 Å². The summed E-state index contributed by atoms with van der Waals surface area (Å²) in [6.45, 7) is 5.33. The summed E-state index contributed by atoms with van der Waals surface area (Å²) in [5.74, 6) is -0.430. The highest BCUT2D eigenvalue weighted by Gasteiger charge is 2.03. The van der Waals surface area contributed by atoms with Crippen LogP contribution in [0.2, 0.25) is 5.02 Å². The van der Waals surface area contributed by atoms with E-state index in [2.05, 4.69) is 11.6 Å². The number of benzene rings is 1. The maximum Gasteiger partial charge on any atom is 0.142 e. The van der Waals surface area contributed by atoms with Gasteiger partial charge < -0.3 is 0 Å². The molecule has 1 rings (SSSR count). The average Bonchev–Trinajstić information content (AvgIpc) is 2.24. The van der Waals surface area contributed by atoms with Gasteiger partial charge in [-0.1, -0.05) is 30.3 Å². The summed E-state index contributed by atoms with van der Waals surface area (Å²) >= 11 is 5.59. The Morgan fingerprint density at radius 1 is 1.53 bits per heavy atom. The SMILES string of the molecule is C=CN=C/C(=C\C)c1ccc(Cl)c(F)c1. The van der Waals surface area contributed by atoms with E-state index in [9.17, 15) is 4.39 Å². The zero-order valence-electron chi connectivity index (χ0n) is 8.37. The van der Waals surface area contributed by atoms with E-state index in [1.54, 1.807) is 12.3 Å². The summed E-state index contributed by atoms with van der Waals surface area (Å²) in [7, 11) is 0. The van der Waals surface area contributed by atoms with Crippen LogP contribution in [0.15, 0.2) is 42.0 Å². The molecule has 78 valence electrons. The van der Waals surface area contributed by atoms with Gasteiger partial charge in [0.2, 0.25) is 0 Å². The van der Waals surface area contributed by atoms with Crippen LogP contribution >= 0.6 is 11.6 Å². The second-order valence-electron chi connectivity index (χ2n) is 2.83. The highest BCUT2D eigenvalue weighted by Crippen LogP contribution is 2.20. The molecule has 0 bridgehead atoms. The van der Waals surface area contributed by atoms with Crippen LogP contribution in [0, 0.1) is 5.82 Å². The zero-order valence-corrected chi connectivity index (χ0v) is 9.13. The standard InChI is InChI=1S/C12H11ClFN/c1-3-9(8-15-4-2)10-5-6-11(13)12(14)7-10/h3-8H,2H2,1H3/b9-3+,15-8?. The number of nitrogens with zero attached hydrogens (tertiary/aromatic N) is 1. The van der Waals surface area contributed by atoms with E-state index >= 15 is 0 Å². The van der Waals surface area contributed by atoms with Crippen molar-refractivity contribution in [2.45, 2.75) is 6.92 Å². The number of allylic oxidation sites excluding steroid dienone is 2. The van der Waals surface area contributed by atoms with Crippen LogP contribution in [0.25, 0.3) is 5.57 Å². The van der Waals surface area contributed by atoms with Gasteiger partial charge in [0.15, 0.2) is 0 Å². The van der Waals surface area contributed by atoms with E-state index in [1.165, 1.54) is 18.3 Å². The zero-order chi connectivity index (χ0) is 11.3. The molecule has 0 spiro atoms. The largest absolute Gasteiger partial charge is 0.265 e.